The van der Waals surface area contributed by atoms with Crippen LogP contribution in [0.2, 0.25) is 5.02 Å². The van der Waals surface area contributed by atoms with E-state index < -0.39 is 0 Å². The summed E-state index contributed by atoms with van der Waals surface area (Å²) in [5, 5.41) is 12.4. The first kappa shape index (κ1) is 14.5. The summed E-state index contributed by atoms with van der Waals surface area (Å²) in [4.78, 5) is 4.95. The highest BCUT2D eigenvalue weighted by atomic mass is 35.5. The Hall–Kier alpha value is -1.46. The average molecular weight is 309 g/mol. The van der Waals surface area contributed by atoms with E-state index >= 15 is 0 Å². The van der Waals surface area contributed by atoms with Crippen LogP contribution in [0, 0.1) is 0 Å². The summed E-state index contributed by atoms with van der Waals surface area (Å²) >= 11 is 6.39. The summed E-state index contributed by atoms with van der Waals surface area (Å²) in [7, 11) is 0. The van der Waals surface area contributed by atoms with Gasteiger partial charge in [0, 0.05) is 31.2 Å². The van der Waals surface area contributed by atoms with Gasteiger partial charge in [-0.2, -0.15) is 0 Å². The molecule has 5 nitrogen and oxygen atoms in total. The molecule has 2 fully saturated rings. The Morgan fingerprint density at radius 1 is 1.29 bits per heavy atom. The third kappa shape index (κ3) is 2.94. The summed E-state index contributed by atoms with van der Waals surface area (Å²) in [5.74, 6) is 0.0838. The second-order valence-corrected chi connectivity index (χ2v) is 6.19. The van der Waals surface area contributed by atoms with Crippen LogP contribution < -0.4 is 10.6 Å². The highest BCUT2D eigenvalue weighted by molar-refractivity contribution is 6.33. The number of hydrogen-bond acceptors (Lipinski definition) is 4. The normalized spacial score (nSPS) is 24.0. The second kappa shape index (κ2) is 6.12. The molecule has 2 aliphatic heterocycles. The standard InChI is InChI=1S/C15H21ClN4O/c16-13-9-11(15(17)18-21)4-5-14(13)20-8-7-19-6-2-1-3-12(19)10-20/h4-5,9,12,21H,1-3,6-8,10H2,(H2,17,18). The highest BCUT2D eigenvalue weighted by Crippen LogP contribution is 2.30. The van der Waals surface area contributed by atoms with Crippen molar-refractivity contribution in [3.63, 3.8) is 0 Å². The summed E-state index contributed by atoms with van der Waals surface area (Å²) in [5.41, 5.74) is 7.28. The van der Waals surface area contributed by atoms with E-state index in [1.54, 1.807) is 6.07 Å². The van der Waals surface area contributed by atoms with Gasteiger partial charge in [-0.25, -0.2) is 0 Å². The summed E-state index contributed by atoms with van der Waals surface area (Å²) in [6.07, 6.45) is 3.92. The SMILES string of the molecule is N/C(=N/O)c1ccc(N2CCN3CCCCC3C2)c(Cl)c1. The van der Waals surface area contributed by atoms with Gasteiger partial charge in [-0.05, 0) is 37.6 Å². The Morgan fingerprint density at radius 3 is 2.90 bits per heavy atom. The Morgan fingerprint density at radius 2 is 2.14 bits per heavy atom. The van der Waals surface area contributed by atoms with Crippen LogP contribution in [0.25, 0.3) is 0 Å². The maximum absolute atomic E-state index is 8.73. The number of benzene rings is 1. The molecule has 6 heteroatoms. The van der Waals surface area contributed by atoms with Crippen LogP contribution in [-0.2, 0) is 0 Å². The van der Waals surface area contributed by atoms with Gasteiger partial charge in [-0.15, -0.1) is 0 Å². The number of oxime groups is 1. The number of rotatable bonds is 2. The smallest absolute Gasteiger partial charge is 0.170 e. The number of hydrogen-bond donors (Lipinski definition) is 2. The maximum atomic E-state index is 8.73. The van der Waals surface area contributed by atoms with Gasteiger partial charge in [0.25, 0.3) is 0 Å². The molecule has 0 radical (unpaired) electrons. The van der Waals surface area contributed by atoms with E-state index in [4.69, 9.17) is 22.5 Å². The van der Waals surface area contributed by atoms with Gasteiger partial charge in [0.05, 0.1) is 10.7 Å². The molecule has 2 saturated heterocycles. The lowest BCUT2D eigenvalue weighted by atomic mass is 9.99. The van der Waals surface area contributed by atoms with Crippen LogP contribution in [0.4, 0.5) is 5.69 Å². The van der Waals surface area contributed by atoms with Crippen LogP contribution >= 0.6 is 11.6 Å². The first-order chi connectivity index (χ1) is 10.2. The largest absolute Gasteiger partial charge is 0.409 e. The molecule has 0 aliphatic carbocycles. The molecule has 1 unspecified atom stereocenters. The first-order valence-corrected chi connectivity index (χ1v) is 7.83. The molecule has 0 amide bonds. The second-order valence-electron chi connectivity index (χ2n) is 5.78. The Bertz CT molecular complexity index is 548. The van der Waals surface area contributed by atoms with Crippen molar-refractivity contribution in [2.45, 2.75) is 25.3 Å². The van der Waals surface area contributed by atoms with Crippen molar-refractivity contribution >= 4 is 23.1 Å². The van der Waals surface area contributed by atoms with Crippen molar-refractivity contribution in [1.82, 2.24) is 4.90 Å². The topological polar surface area (TPSA) is 65.1 Å². The summed E-state index contributed by atoms with van der Waals surface area (Å²) in [6, 6.07) is 6.23. The van der Waals surface area contributed by atoms with Crippen molar-refractivity contribution in [1.29, 1.82) is 0 Å². The average Bonchev–Trinajstić information content (AvgIpc) is 2.53. The van der Waals surface area contributed by atoms with E-state index in [1.807, 2.05) is 12.1 Å². The zero-order chi connectivity index (χ0) is 14.8. The zero-order valence-electron chi connectivity index (χ0n) is 12.0. The third-order valence-electron chi connectivity index (χ3n) is 4.53. The van der Waals surface area contributed by atoms with Crippen molar-refractivity contribution < 1.29 is 5.21 Å². The Kier molecular flexibility index (Phi) is 4.22. The van der Waals surface area contributed by atoms with Crippen LogP contribution in [0.5, 0.6) is 0 Å². The molecule has 3 N–H and O–H groups in total. The minimum absolute atomic E-state index is 0.0838. The van der Waals surface area contributed by atoms with E-state index in [0.29, 0.717) is 16.6 Å². The van der Waals surface area contributed by atoms with Crippen molar-refractivity contribution in [2.75, 3.05) is 31.1 Å². The van der Waals surface area contributed by atoms with Gasteiger partial charge in [0.15, 0.2) is 5.84 Å². The van der Waals surface area contributed by atoms with Gasteiger partial charge in [-0.3, -0.25) is 4.90 Å². The zero-order valence-corrected chi connectivity index (χ0v) is 12.8. The lowest BCUT2D eigenvalue weighted by molar-refractivity contribution is 0.133. The Labute approximate surface area is 130 Å². The number of nitrogens with two attached hydrogens (primary N) is 1. The molecular weight excluding hydrogens is 288 g/mol. The Balaban J connectivity index is 1.78. The molecule has 1 aromatic carbocycles. The minimum Gasteiger partial charge on any atom is -0.409 e. The van der Waals surface area contributed by atoms with E-state index in [9.17, 15) is 0 Å². The minimum atomic E-state index is 0.0838. The lowest BCUT2D eigenvalue weighted by Crippen LogP contribution is -2.55. The van der Waals surface area contributed by atoms with Crippen LogP contribution in [0.15, 0.2) is 23.4 Å². The number of piperazine rings is 1. The number of amidine groups is 1. The molecule has 1 aromatic rings. The first-order valence-electron chi connectivity index (χ1n) is 7.45. The lowest BCUT2D eigenvalue weighted by Gasteiger charge is -2.45. The van der Waals surface area contributed by atoms with Gasteiger partial charge >= 0.3 is 0 Å². The molecule has 21 heavy (non-hydrogen) atoms. The number of fused-ring (bicyclic) bond motifs is 1. The van der Waals surface area contributed by atoms with E-state index in [0.717, 1.165) is 25.3 Å². The molecule has 0 bridgehead atoms. The van der Waals surface area contributed by atoms with Crippen LogP contribution in [0.1, 0.15) is 24.8 Å². The van der Waals surface area contributed by atoms with E-state index in [1.165, 1.54) is 25.8 Å². The number of anilines is 1. The van der Waals surface area contributed by atoms with Gasteiger partial charge in [0.2, 0.25) is 0 Å². The molecule has 3 rings (SSSR count). The molecule has 0 spiro atoms. The molecule has 1 atom stereocenters. The predicted molar refractivity (Wildman–Crippen MR) is 85.4 cm³/mol. The number of halogens is 1. The summed E-state index contributed by atoms with van der Waals surface area (Å²) < 4.78 is 0. The fourth-order valence-corrected chi connectivity index (χ4v) is 3.66. The molecule has 2 aliphatic rings. The quantitative estimate of drug-likeness (QED) is 0.380. The van der Waals surface area contributed by atoms with E-state index in [2.05, 4.69) is 15.0 Å². The van der Waals surface area contributed by atoms with Crippen molar-refractivity contribution in [3.8, 4) is 0 Å². The molecule has 0 saturated carbocycles. The maximum Gasteiger partial charge on any atom is 0.170 e. The molecule has 2 heterocycles. The van der Waals surface area contributed by atoms with Gasteiger partial charge in [-0.1, -0.05) is 23.2 Å². The predicted octanol–water partition coefficient (Wildman–Crippen LogP) is 2.11. The third-order valence-corrected chi connectivity index (χ3v) is 4.83. The van der Waals surface area contributed by atoms with Gasteiger partial charge in [0.1, 0.15) is 0 Å². The summed E-state index contributed by atoms with van der Waals surface area (Å²) in [6.45, 7) is 4.36. The van der Waals surface area contributed by atoms with Crippen molar-refractivity contribution in [3.05, 3.63) is 28.8 Å². The van der Waals surface area contributed by atoms with E-state index in [-0.39, 0.29) is 5.84 Å². The van der Waals surface area contributed by atoms with Crippen LogP contribution in [-0.4, -0.2) is 48.2 Å². The fraction of sp³-hybridized carbons (Fsp3) is 0.533. The van der Waals surface area contributed by atoms with Crippen LogP contribution in [0.3, 0.4) is 0 Å². The fourth-order valence-electron chi connectivity index (χ4n) is 3.36. The molecule has 0 aromatic heterocycles. The molecular formula is C15H21ClN4O. The number of nitrogens with zero attached hydrogens (tertiary/aromatic N) is 3. The molecule has 114 valence electrons. The highest BCUT2D eigenvalue weighted by Gasteiger charge is 2.29. The monoisotopic (exact) mass is 308 g/mol. The van der Waals surface area contributed by atoms with Crippen molar-refractivity contribution in [2.24, 2.45) is 10.9 Å². The number of piperidine rings is 1. The van der Waals surface area contributed by atoms with Gasteiger partial charge < -0.3 is 15.8 Å².